The van der Waals surface area contributed by atoms with Gasteiger partial charge in [0.05, 0.1) is 0 Å². The minimum atomic E-state index is -1.10. The second-order valence-electron chi connectivity index (χ2n) is 3.08. The van der Waals surface area contributed by atoms with Gasteiger partial charge in [0.15, 0.2) is 0 Å². The Balaban J connectivity index is 5.25. The van der Waals surface area contributed by atoms with Crippen LogP contribution >= 0.6 is 11.6 Å². The van der Waals surface area contributed by atoms with E-state index in [0.29, 0.717) is 0 Å². The van der Waals surface area contributed by atoms with E-state index in [2.05, 4.69) is 0 Å². The van der Waals surface area contributed by atoms with Crippen molar-refractivity contribution >= 4 is 22.8 Å². The first-order chi connectivity index (χ1) is 7.54. The number of hydrogen-bond donors (Lipinski definition) is 1. The molecule has 16 heavy (non-hydrogen) atoms. The van der Waals surface area contributed by atoms with Gasteiger partial charge in [-0.15, -0.1) is 0 Å². The summed E-state index contributed by atoms with van der Waals surface area (Å²) < 4.78 is 0. The lowest BCUT2D eigenvalue weighted by atomic mass is 10.0. The SMILES string of the molecule is CC=CCC(C(=O)O)=C(CC=CC)C(=O)Cl. The molecular formula is C12H15ClO3. The van der Waals surface area contributed by atoms with E-state index in [1.807, 2.05) is 0 Å². The highest BCUT2D eigenvalue weighted by Crippen LogP contribution is 2.17. The summed E-state index contributed by atoms with van der Waals surface area (Å²) in [6, 6.07) is 0. The van der Waals surface area contributed by atoms with Gasteiger partial charge in [0.2, 0.25) is 5.24 Å². The van der Waals surface area contributed by atoms with Crippen LogP contribution in [-0.2, 0) is 9.59 Å². The summed E-state index contributed by atoms with van der Waals surface area (Å²) in [4.78, 5) is 22.1. The van der Waals surface area contributed by atoms with Crippen molar-refractivity contribution in [1.29, 1.82) is 0 Å². The lowest BCUT2D eigenvalue weighted by Gasteiger charge is -2.04. The molecule has 0 bridgehead atoms. The molecule has 0 heterocycles. The van der Waals surface area contributed by atoms with Crippen LogP contribution in [-0.4, -0.2) is 16.3 Å². The summed E-state index contributed by atoms with van der Waals surface area (Å²) in [6.07, 6.45) is 7.31. The molecule has 0 atom stereocenters. The zero-order chi connectivity index (χ0) is 12.6. The molecule has 0 unspecified atom stereocenters. The van der Waals surface area contributed by atoms with Gasteiger partial charge in [0.25, 0.3) is 0 Å². The van der Waals surface area contributed by atoms with Gasteiger partial charge in [-0.1, -0.05) is 24.3 Å². The van der Waals surface area contributed by atoms with E-state index >= 15 is 0 Å². The topological polar surface area (TPSA) is 54.4 Å². The van der Waals surface area contributed by atoms with Crippen molar-refractivity contribution in [3.63, 3.8) is 0 Å². The lowest BCUT2D eigenvalue weighted by molar-refractivity contribution is -0.133. The molecule has 3 nitrogen and oxygen atoms in total. The Morgan fingerprint density at radius 1 is 1.06 bits per heavy atom. The fourth-order valence-electron chi connectivity index (χ4n) is 1.13. The molecule has 0 saturated carbocycles. The zero-order valence-electron chi connectivity index (χ0n) is 9.37. The van der Waals surface area contributed by atoms with E-state index in [-0.39, 0.29) is 24.0 Å². The van der Waals surface area contributed by atoms with Crippen molar-refractivity contribution in [3.05, 3.63) is 35.5 Å². The zero-order valence-corrected chi connectivity index (χ0v) is 10.1. The molecule has 0 rings (SSSR count). The summed E-state index contributed by atoms with van der Waals surface area (Å²) in [5.74, 6) is -1.10. The molecule has 1 N–H and O–H groups in total. The molecule has 0 aliphatic carbocycles. The molecular weight excluding hydrogens is 228 g/mol. The molecule has 0 radical (unpaired) electrons. The van der Waals surface area contributed by atoms with Gasteiger partial charge in [-0.2, -0.15) is 0 Å². The third-order valence-corrected chi connectivity index (χ3v) is 2.20. The quantitative estimate of drug-likeness (QED) is 0.442. The predicted molar refractivity (Wildman–Crippen MR) is 64.4 cm³/mol. The Hall–Kier alpha value is -1.35. The summed E-state index contributed by atoms with van der Waals surface area (Å²) in [5.41, 5.74) is 0.196. The van der Waals surface area contributed by atoms with Crippen molar-refractivity contribution in [2.24, 2.45) is 0 Å². The Bertz CT molecular complexity index is 317. The van der Waals surface area contributed by atoms with Crippen LogP contribution in [0.2, 0.25) is 0 Å². The second kappa shape index (κ2) is 7.88. The number of carbonyl (C=O) groups excluding carboxylic acids is 1. The van der Waals surface area contributed by atoms with Gasteiger partial charge in [-0.05, 0) is 38.3 Å². The first-order valence-corrected chi connectivity index (χ1v) is 5.29. The van der Waals surface area contributed by atoms with Gasteiger partial charge in [-0.3, -0.25) is 4.79 Å². The Morgan fingerprint density at radius 3 is 1.81 bits per heavy atom. The van der Waals surface area contributed by atoms with Crippen LogP contribution in [0, 0.1) is 0 Å². The summed E-state index contributed by atoms with van der Waals surface area (Å²) in [7, 11) is 0. The number of rotatable bonds is 6. The van der Waals surface area contributed by atoms with Crippen LogP contribution in [0.15, 0.2) is 35.5 Å². The first-order valence-electron chi connectivity index (χ1n) is 4.92. The van der Waals surface area contributed by atoms with Crippen LogP contribution in [0.5, 0.6) is 0 Å². The normalized spacial score (nSPS) is 13.2. The highest BCUT2D eigenvalue weighted by atomic mass is 35.5. The van der Waals surface area contributed by atoms with E-state index in [9.17, 15) is 9.59 Å². The number of carbonyl (C=O) groups is 2. The van der Waals surface area contributed by atoms with E-state index in [1.54, 1.807) is 38.2 Å². The lowest BCUT2D eigenvalue weighted by Crippen LogP contribution is -2.08. The van der Waals surface area contributed by atoms with Gasteiger partial charge in [-0.25, -0.2) is 4.79 Å². The number of hydrogen-bond acceptors (Lipinski definition) is 2. The van der Waals surface area contributed by atoms with Crippen LogP contribution < -0.4 is 0 Å². The highest BCUT2D eigenvalue weighted by Gasteiger charge is 2.16. The molecule has 0 aliphatic rings. The predicted octanol–water partition coefficient (Wildman–Crippen LogP) is 3.07. The monoisotopic (exact) mass is 242 g/mol. The van der Waals surface area contributed by atoms with E-state index in [0.717, 1.165) is 0 Å². The molecule has 4 heteroatoms. The standard InChI is InChI=1S/C12H15ClO3/c1-3-5-7-9(11(13)14)10(12(15)16)8-6-4-2/h3-6H,7-8H2,1-2H3,(H,15,16). The Kier molecular flexibility index (Phi) is 7.21. The van der Waals surface area contributed by atoms with Gasteiger partial charge in [0.1, 0.15) is 0 Å². The molecule has 0 amide bonds. The molecule has 0 aromatic rings. The minimum absolute atomic E-state index is 0.0520. The summed E-state index contributed by atoms with van der Waals surface area (Å²) in [5, 5.41) is 8.28. The molecule has 0 aliphatic heterocycles. The number of carboxylic acids is 1. The van der Waals surface area contributed by atoms with Crippen molar-refractivity contribution in [1.82, 2.24) is 0 Å². The fraction of sp³-hybridized carbons (Fsp3) is 0.333. The third-order valence-electron chi connectivity index (χ3n) is 1.98. The third kappa shape index (κ3) is 4.94. The van der Waals surface area contributed by atoms with Crippen molar-refractivity contribution < 1.29 is 14.7 Å². The summed E-state index contributed by atoms with van der Waals surface area (Å²) in [6.45, 7) is 3.58. The van der Waals surface area contributed by atoms with Crippen LogP contribution in [0.1, 0.15) is 26.7 Å². The van der Waals surface area contributed by atoms with Gasteiger partial charge in [0, 0.05) is 11.1 Å². The number of aliphatic carboxylic acids is 1. The Morgan fingerprint density at radius 2 is 1.50 bits per heavy atom. The number of carboxylic acid groups (broad SMARTS) is 1. The van der Waals surface area contributed by atoms with Crippen molar-refractivity contribution in [2.75, 3.05) is 0 Å². The summed E-state index contributed by atoms with van der Waals surface area (Å²) >= 11 is 5.38. The molecule has 88 valence electrons. The number of halogens is 1. The highest BCUT2D eigenvalue weighted by molar-refractivity contribution is 6.68. The smallest absolute Gasteiger partial charge is 0.332 e. The Labute approximate surface area is 100 Å². The van der Waals surface area contributed by atoms with E-state index in [4.69, 9.17) is 16.7 Å². The van der Waals surface area contributed by atoms with Crippen LogP contribution in [0.3, 0.4) is 0 Å². The maximum absolute atomic E-state index is 11.1. The maximum Gasteiger partial charge on any atom is 0.332 e. The van der Waals surface area contributed by atoms with E-state index < -0.39 is 11.2 Å². The molecule has 0 fully saturated rings. The minimum Gasteiger partial charge on any atom is -0.478 e. The fourth-order valence-corrected chi connectivity index (χ4v) is 1.32. The van der Waals surface area contributed by atoms with Crippen LogP contribution in [0.4, 0.5) is 0 Å². The van der Waals surface area contributed by atoms with Gasteiger partial charge < -0.3 is 5.11 Å². The number of allylic oxidation sites excluding steroid dienone is 5. The molecule has 0 spiro atoms. The molecule has 0 saturated heterocycles. The molecule has 0 aromatic heterocycles. The van der Waals surface area contributed by atoms with E-state index in [1.165, 1.54) is 0 Å². The average molecular weight is 243 g/mol. The van der Waals surface area contributed by atoms with Crippen molar-refractivity contribution in [2.45, 2.75) is 26.7 Å². The van der Waals surface area contributed by atoms with Crippen molar-refractivity contribution in [3.8, 4) is 0 Å². The first kappa shape index (κ1) is 14.6. The van der Waals surface area contributed by atoms with Crippen LogP contribution in [0.25, 0.3) is 0 Å². The molecule has 0 aromatic carbocycles. The average Bonchev–Trinajstić information content (AvgIpc) is 2.21. The second-order valence-corrected chi connectivity index (χ2v) is 3.43. The van der Waals surface area contributed by atoms with Gasteiger partial charge >= 0.3 is 5.97 Å². The maximum atomic E-state index is 11.1. The largest absolute Gasteiger partial charge is 0.478 e.